The zero-order valence-corrected chi connectivity index (χ0v) is 20.3. The van der Waals surface area contributed by atoms with Gasteiger partial charge in [0.15, 0.2) is 0 Å². The molecule has 0 saturated heterocycles. The van der Waals surface area contributed by atoms with Crippen LogP contribution in [0.4, 0.5) is 0 Å². The molecule has 6 rings (SSSR count). The van der Waals surface area contributed by atoms with Crippen LogP contribution in [0.15, 0.2) is 47.4 Å². The van der Waals surface area contributed by atoms with Gasteiger partial charge in [0.25, 0.3) is 5.56 Å². The van der Waals surface area contributed by atoms with E-state index in [9.17, 15) is 4.79 Å². The second-order valence-corrected chi connectivity index (χ2v) is 11.0. The molecule has 0 spiro atoms. The van der Waals surface area contributed by atoms with Crippen LogP contribution in [0.5, 0.6) is 0 Å². The average molecular weight is 470 g/mol. The molecule has 180 valence electrons. The second kappa shape index (κ2) is 8.59. The third-order valence-electron chi connectivity index (χ3n) is 7.69. The van der Waals surface area contributed by atoms with Gasteiger partial charge in [-0.25, -0.2) is 0 Å². The number of nitrogens with zero attached hydrogens (tertiary/aromatic N) is 5. The van der Waals surface area contributed by atoms with E-state index in [2.05, 4.69) is 63.7 Å². The second-order valence-electron chi connectivity index (χ2n) is 11.0. The predicted octanol–water partition coefficient (Wildman–Crippen LogP) is 5.18. The Morgan fingerprint density at radius 1 is 1.06 bits per heavy atom. The van der Waals surface area contributed by atoms with Crippen molar-refractivity contribution in [2.75, 3.05) is 0 Å². The molecule has 4 aromatic rings. The molecule has 35 heavy (non-hydrogen) atoms. The number of aromatic nitrogens is 7. The number of benzene rings is 1. The first-order valence-corrected chi connectivity index (χ1v) is 12.6. The van der Waals surface area contributed by atoms with E-state index in [0.717, 1.165) is 23.5 Å². The van der Waals surface area contributed by atoms with Gasteiger partial charge in [-0.05, 0) is 84.2 Å². The zero-order chi connectivity index (χ0) is 24.0. The normalized spacial score (nSPS) is 18.1. The number of tetrazole rings is 1. The van der Waals surface area contributed by atoms with Gasteiger partial charge < -0.3 is 4.98 Å². The molecule has 0 radical (unpaired) electrons. The quantitative estimate of drug-likeness (QED) is 0.405. The van der Waals surface area contributed by atoms with Crippen molar-refractivity contribution >= 4 is 0 Å². The Morgan fingerprint density at radius 2 is 1.83 bits per heavy atom. The van der Waals surface area contributed by atoms with Crippen molar-refractivity contribution in [2.45, 2.75) is 64.8 Å². The molecule has 2 saturated carbocycles. The van der Waals surface area contributed by atoms with Gasteiger partial charge in [0.1, 0.15) is 0 Å². The molecule has 0 atom stereocenters. The summed E-state index contributed by atoms with van der Waals surface area (Å²) in [5.41, 5.74) is 5.13. The molecule has 0 aliphatic heterocycles. The summed E-state index contributed by atoms with van der Waals surface area (Å²) in [6.45, 7) is 5.65. The highest BCUT2D eigenvalue weighted by atomic mass is 16.1. The summed E-state index contributed by atoms with van der Waals surface area (Å²) in [5, 5.41) is 19.0. The molecular weight excluding hydrogens is 438 g/mol. The Kier molecular flexibility index (Phi) is 5.39. The zero-order valence-electron chi connectivity index (χ0n) is 20.3. The summed E-state index contributed by atoms with van der Waals surface area (Å²) in [4.78, 5) is 16.3. The predicted molar refractivity (Wildman–Crippen MR) is 135 cm³/mol. The van der Waals surface area contributed by atoms with E-state index >= 15 is 0 Å². The maximum atomic E-state index is 13.3. The molecule has 2 N–H and O–H groups in total. The van der Waals surface area contributed by atoms with Crippen LogP contribution in [-0.2, 0) is 6.54 Å². The summed E-state index contributed by atoms with van der Waals surface area (Å²) in [6.07, 6.45) is 9.49. The van der Waals surface area contributed by atoms with Crippen LogP contribution >= 0.6 is 0 Å². The molecule has 3 aromatic heterocycles. The molecule has 0 bridgehead atoms. The highest BCUT2D eigenvalue weighted by molar-refractivity contribution is 5.81. The summed E-state index contributed by atoms with van der Waals surface area (Å²) in [7, 11) is 0. The standard InChI is InChI=1S/C27H31N7O/c1-27(2)12-9-19(10-13-27)18-5-7-20(8-6-18)23-15-21(22-11-14-34(31-22)16-17-3-4-17)24(26(35)28-23)25-29-32-33-30-25/h5-8,11,14-15,17,19H,3-4,9-10,12-13,16H2,1-2H3,(H,28,35)(H,29,30,32,33). The van der Waals surface area contributed by atoms with E-state index in [4.69, 9.17) is 5.10 Å². The summed E-state index contributed by atoms with van der Waals surface area (Å²) < 4.78 is 1.97. The number of H-pyrrole nitrogens is 2. The van der Waals surface area contributed by atoms with E-state index in [1.807, 2.05) is 23.0 Å². The molecule has 2 aliphatic carbocycles. The Hall–Kier alpha value is -3.55. The van der Waals surface area contributed by atoms with Gasteiger partial charge in [0, 0.05) is 24.0 Å². The maximum Gasteiger partial charge on any atom is 0.260 e. The van der Waals surface area contributed by atoms with Crippen LogP contribution in [0.1, 0.15) is 63.9 Å². The summed E-state index contributed by atoms with van der Waals surface area (Å²) in [5.74, 6) is 1.59. The fourth-order valence-electron chi connectivity index (χ4n) is 5.25. The Morgan fingerprint density at radius 3 is 2.51 bits per heavy atom. The molecule has 0 unspecified atom stereocenters. The smallest absolute Gasteiger partial charge is 0.260 e. The fraction of sp³-hybridized carbons (Fsp3) is 0.444. The Bertz CT molecular complexity index is 1370. The van der Waals surface area contributed by atoms with Gasteiger partial charge in [0.05, 0.1) is 11.3 Å². The maximum absolute atomic E-state index is 13.3. The van der Waals surface area contributed by atoms with Gasteiger partial charge in [-0.2, -0.15) is 10.3 Å². The van der Waals surface area contributed by atoms with Crippen molar-refractivity contribution in [1.29, 1.82) is 0 Å². The van der Waals surface area contributed by atoms with E-state index in [0.29, 0.717) is 28.4 Å². The Balaban J connectivity index is 1.35. The van der Waals surface area contributed by atoms with E-state index in [1.165, 1.54) is 44.1 Å². The van der Waals surface area contributed by atoms with Crippen LogP contribution < -0.4 is 5.56 Å². The minimum Gasteiger partial charge on any atom is -0.321 e. The van der Waals surface area contributed by atoms with E-state index in [1.54, 1.807) is 0 Å². The number of pyridine rings is 1. The van der Waals surface area contributed by atoms with Crippen LogP contribution in [0.25, 0.3) is 33.9 Å². The van der Waals surface area contributed by atoms with Gasteiger partial charge in [-0.3, -0.25) is 9.48 Å². The van der Waals surface area contributed by atoms with Crippen LogP contribution in [0.3, 0.4) is 0 Å². The molecule has 3 heterocycles. The lowest BCUT2D eigenvalue weighted by Crippen LogP contribution is -2.20. The third-order valence-corrected chi connectivity index (χ3v) is 7.69. The highest BCUT2D eigenvalue weighted by Crippen LogP contribution is 2.42. The topological polar surface area (TPSA) is 105 Å². The first-order valence-electron chi connectivity index (χ1n) is 12.6. The molecule has 1 aromatic carbocycles. The van der Waals surface area contributed by atoms with Crippen LogP contribution in [0.2, 0.25) is 0 Å². The molecule has 8 heteroatoms. The highest BCUT2D eigenvalue weighted by Gasteiger charge is 2.28. The molecule has 0 amide bonds. The first-order chi connectivity index (χ1) is 16.9. The van der Waals surface area contributed by atoms with Gasteiger partial charge in [0.2, 0.25) is 5.82 Å². The van der Waals surface area contributed by atoms with Crippen molar-refractivity contribution in [3.63, 3.8) is 0 Å². The minimum absolute atomic E-state index is 0.255. The number of aromatic amines is 2. The summed E-state index contributed by atoms with van der Waals surface area (Å²) >= 11 is 0. The SMILES string of the molecule is CC1(C)CCC(c2ccc(-c3cc(-c4ccn(CC5CC5)n4)c(-c4nn[nH]n4)c(=O)[nH]3)cc2)CC1. The van der Waals surface area contributed by atoms with Crippen molar-refractivity contribution in [2.24, 2.45) is 11.3 Å². The number of nitrogens with one attached hydrogen (secondary N) is 2. The molecule has 2 fully saturated rings. The van der Waals surface area contributed by atoms with E-state index < -0.39 is 0 Å². The number of hydrogen-bond donors (Lipinski definition) is 2. The van der Waals surface area contributed by atoms with Gasteiger partial charge in [-0.1, -0.05) is 38.1 Å². The van der Waals surface area contributed by atoms with Crippen molar-refractivity contribution in [1.82, 2.24) is 35.4 Å². The van der Waals surface area contributed by atoms with Crippen molar-refractivity contribution < 1.29 is 0 Å². The third kappa shape index (κ3) is 4.57. The lowest BCUT2D eigenvalue weighted by molar-refractivity contribution is 0.224. The average Bonchev–Trinajstić information content (AvgIpc) is 3.29. The molecular formula is C27H31N7O. The fourth-order valence-corrected chi connectivity index (χ4v) is 5.25. The number of hydrogen-bond acceptors (Lipinski definition) is 5. The monoisotopic (exact) mass is 469 g/mol. The van der Waals surface area contributed by atoms with Crippen molar-refractivity contribution in [3.8, 4) is 33.9 Å². The lowest BCUT2D eigenvalue weighted by atomic mass is 9.71. The number of rotatable bonds is 6. The van der Waals surface area contributed by atoms with Crippen LogP contribution in [0, 0.1) is 11.3 Å². The molecule has 2 aliphatic rings. The largest absolute Gasteiger partial charge is 0.321 e. The minimum atomic E-state index is -0.255. The Labute approximate surface area is 204 Å². The van der Waals surface area contributed by atoms with Crippen LogP contribution in [-0.4, -0.2) is 35.4 Å². The van der Waals surface area contributed by atoms with Gasteiger partial charge >= 0.3 is 0 Å². The summed E-state index contributed by atoms with van der Waals surface area (Å²) in [6, 6.07) is 12.6. The van der Waals surface area contributed by atoms with Gasteiger partial charge in [-0.15, -0.1) is 10.2 Å². The lowest BCUT2D eigenvalue weighted by Gasteiger charge is -2.34. The van der Waals surface area contributed by atoms with Crippen molar-refractivity contribution in [3.05, 3.63) is 58.5 Å². The first kappa shape index (κ1) is 21.9. The molecule has 8 nitrogen and oxygen atoms in total. The van der Waals surface area contributed by atoms with E-state index in [-0.39, 0.29) is 11.4 Å².